The standard InChI is InChI=1S/C17H20BrN3O/c1-3-4-5-17(22)21-14-8-9-16(19-11-14)20-13-7-6-12(2)15(18)10-13/h6-11H,3-5H2,1-2H3,(H,19,20)(H,21,22). The number of anilines is 3. The number of hydrogen-bond acceptors (Lipinski definition) is 3. The lowest BCUT2D eigenvalue weighted by atomic mass is 10.2. The van der Waals surface area contributed by atoms with Gasteiger partial charge in [0.25, 0.3) is 0 Å². The Bertz CT molecular complexity index is 641. The monoisotopic (exact) mass is 361 g/mol. The smallest absolute Gasteiger partial charge is 0.224 e. The predicted molar refractivity (Wildman–Crippen MR) is 94.6 cm³/mol. The SMILES string of the molecule is CCCCC(=O)Nc1ccc(Nc2ccc(C)c(Br)c2)nc1. The van der Waals surface area contributed by atoms with Gasteiger partial charge >= 0.3 is 0 Å². The molecule has 1 aromatic carbocycles. The van der Waals surface area contributed by atoms with Crippen molar-refractivity contribution in [1.29, 1.82) is 0 Å². The molecule has 0 fully saturated rings. The van der Waals surface area contributed by atoms with Crippen molar-refractivity contribution in [3.8, 4) is 0 Å². The number of carbonyl (C=O) groups is 1. The van der Waals surface area contributed by atoms with Crippen molar-refractivity contribution in [2.75, 3.05) is 10.6 Å². The number of carbonyl (C=O) groups excluding carboxylic acids is 1. The lowest BCUT2D eigenvalue weighted by molar-refractivity contribution is -0.116. The van der Waals surface area contributed by atoms with E-state index in [1.807, 2.05) is 37.3 Å². The molecule has 2 rings (SSSR count). The van der Waals surface area contributed by atoms with Crippen LogP contribution in [0.3, 0.4) is 0 Å². The lowest BCUT2D eigenvalue weighted by Crippen LogP contribution is -2.11. The van der Waals surface area contributed by atoms with E-state index in [0.717, 1.165) is 34.5 Å². The van der Waals surface area contributed by atoms with Crippen LogP contribution in [0.25, 0.3) is 0 Å². The number of nitrogens with zero attached hydrogens (tertiary/aromatic N) is 1. The second-order valence-corrected chi connectivity index (χ2v) is 6.03. The van der Waals surface area contributed by atoms with Crippen molar-refractivity contribution < 1.29 is 4.79 Å². The first kappa shape index (κ1) is 16.5. The van der Waals surface area contributed by atoms with Crippen LogP contribution >= 0.6 is 15.9 Å². The molecule has 22 heavy (non-hydrogen) atoms. The third-order valence-electron chi connectivity index (χ3n) is 3.25. The predicted octanol–water partition coefficient (Wildman–Crippen LogP) is 5.02. The Kier molecular flexibility index (Phi) is 5.95. The average Bonchev–Trinajstić information content (AvgIpc) is 2.51. The second kappa shape index (κ2) is 7.94. The maximum Gasteiger partial charge on any atom is 0.224 e. The Morgan fingerprint density at radius 2 is 2.00 bits per heavy atom. The van der Waals surface area contributed by atoms with Crippen molar-refractivity contribution in [2.24, 2.45) is 0 Å². The first-order valence-corrected chi connectivity index (χ1v) is 8.17. The highest BCUT2D eigenvalue weighted by molar-refractivity contribution is 9.10. The van der Waals surface area contributed by atoms with E-state index in [1.165, 1.54) is 5.56 Å². The van der Waals surface area contributed by atoms with Gasteiger partial charge in [-0.3, -0.25) is 4.79 Å². The summed E-state index contributed by atoms with van der Waals surface area (Å²) in [4.78, 5) is 16.0. The molecule has 4 nitrogen and oxygen atoms in total. The molecule has 0 unspecified atom stereocenters. The lowest BCUT2D eigenvalue weighted by Gasteiger charge is -2.09. The third kappa shape index (κ3) is 4.84. The molecule has 0 radical (unpaired) electrons. The molecule has 0 saturated carbocycles. The highest BCUT2D eigenvalue weighted by Gasteiger charge is 2.03. The van der Waals surface area contributed by atoms with Crippen LogP contribution in [0.1, 0.15) is 31.7 Å². The van der Waals surface area contributed by atoms with Gasteiger partial charge in [0.2, 0.25) is 5.91 Å². The van der Waals surface area contributed by atoms with Crippen LogP contribution in [0.5, 0.6) is 0 Å². The fourth-order valence-corrected chi connectivity index (χ4v) is 2.30. The molecule has 2 N–H and O–H groups in total. The molecule has 0 aliphatic carbocycles. The Morgan fingerprint density at radius 3 is 2.64 bits per heavy atom. The Hall–Kier alpha value is -1.88. The van der Waals surface area contributed by atoms with Crippen molar-refractivity contribution in [2.45, 2.75) is 33.1 Å². The van der Waals surface area contributed by atoms with Gasteiger partial charge in [-0.05, 0) is 43.2 Å². The minimum absolute atomic E-state index is 0.0341. The first-order valence-electron chi connectivity index (χ1n) is 7.37. The molecule has 0 saturated heterocycles. The molecule has 1 aromatic heterocycles. The zero-order chi connectivity index (χ0) is 15.9. The van der Waals surface area contributed by atoms with E-state index in [4.69, 9.17) is 0 Å². The van der Waals surface area contributed by atoms with Gasteiger partial charge in [0.15, 0.2) is 0 Å². The molecule has 1 heterocycles. The summed E-state index contributed by atoms with van der Waals surface area (Å²) in [7, 11) is 0. The van der Waals surface area contributed by atoms with Gasteiger partial charge in [0.05, 0.1) is 11.9 Å². The van der Waals surface area contributed by atoms with Crippen molar-refractivity contribution in [3.05, 3.63) is 46.6 Å². The van der Waals surface area contributed by atoms with Gasteiger partial charge in [0.1, 0.15) is 5.82 Å². The van der Waals surface area contributed by atoms with Crippen LogP contribution in [0.15, 0.2) is 41.0 Å². The van der Waals surface area contributed by atoms with Crippen LogP contribution in [0.2, 0.25) is 0 Å². The van der Waals surface area contributed by atoms with Gasteiger partial charge in [-0.15, -0.1) is 0 Å². The van der Waals surface area contributed by atoms with E-state index in [9.17, 15) is 4.79 Å². The molecule has 0 atom stereocenters. The Labute approximate surface area is 139 Å². The second-order valence-electron chi connectivity index (χ2n) is 5.17. The number of rotatable bonds is 6. The summed E-state index contributed by atoms with van der Waals surface area (Å²) >= 11 is 3.51. The molecule has 0 aliphatic heterocycles. The molecule has 5 heteroatoms. The number of aromatic nitrogens is 1. The number of nitrogens with one attached hydrogen (secondary N) is 2. The molecule has 2 aromatic rings. The summed E-state index contributed by atoms with van der Waals surface area (Å²) in [5, 5.41) is 6.08. The van der Waals surface area contributed by atoms with Crippen molar-refractivity contribution in [3.63, 3.8) is 0 Å². The molecule has 0 bridgehead atoms. The fourth-order valence-electron chi connectivity index (χ4n) is 1.92. The van der Waals surface area contributed by atoms with E-state index < -0.39 is 0 Å². The van der Waals surface area contributed by atoms with Crippen LogP contribution in [-0.2, 0) is 4.79 Å². The highest BCUT2D eigenvalue weighted by atomic mass is 79.9. The third-order valence-corrected chi connectivity index (χ3v) is 4.10. The number of benzene rings is 1. The zero-order valence-corrected chi connectivity index (χ0v) is 14.4. The molecule has 0 aliphatic rings. The number of halogens is 1. The highest BCUT2D eigenvalue weighted by Crippen LogP contribution is 2.23. The summed E-state index contributed by atoms with van der Waals surface area (Å²) in [6.07, 6.45) is 4.13. The van der Waals surface area contributed by atoms with E-state index in [0.29, 0.717) is 6.42 Å². The molecule has 0 spiro atoms. The van der Waals surface area contributed by atoms with Crippen molar-refractivity contribution in [1.82, 2.24) is 4.98 Å². The summed E-state index contributed by atoms with van der Waals surface area (Å²) < 4.78 is 1.05. The Balaban J connectivity index is 1.96. The minimum atomic E-state index is 0.0341. The number of pyridine rings is 1. The maximum absolute atomic E-state index is 11.7. The van der Waals surface area contributed by atoms with Crippen LogP contribution in [0.4, 0.5) is 17.2 Å². The van der Waals surface area contributed by atoms with E-state index in [1.54, 1.807) is 6.20 Å². The maximum atomic E-state index is 11.7. The summed E-state index contributed by atoms with van der Waals surface area (Å²) in [5.74, 6) is 0.772. The minimum Gasteiger partial charge on any atom is -0.340 e. The molecular formula is C17H20BrN3O. The summed E-state index contributed by atoms with van der Waals surface area (Å²) in [6.45, 7) is 4.11. The van der Waals surface area contributed by atoms with E-state index >= 15 is 0 Å². The number of unbranched alkanes of at least 4 members (excludes halogenated alkanes) is 1. The topological polar surface area (TPSA) is 54.0 Å². The summed E-state index contributed by atoms with van der Waals surface area (Å²) in [5.41, 5.74) is 2.87. The van der Waals surface area contributed by atoms with Gasteiger partial charge in [-0.2, -0.15) is 0 Å². The van der Waals surface area contributed by atoms with E-state index in [2.05, 4.69) is 38.5 Å². The summed E-state index contributed by atoms with van der Waals surface area (Å²) in [6, 6.07) is 9.75. The van der Waals surface area contributed by atoms with Gasteiger partial charge in [-0.1, -0.05) is 35.3 Å². The number of hydrogen-bond donors (Lipinski definition) is 2. The largest absolute Gasteiger partial charge is 0.340 e. The van der Waals surface area contributed by atoms with Gasteiger partial charge in [0, 0.05) is 16.6 Å². The number of amides is 1. The molecule has 1 amide bonds. The van der Waals surface area contributed by atoms with Crippen LogP contribution < -0.4 is 10.6 Å². The van der Waals surface area contributed by atoms with E-state index in [-0.39, 0.29) is 5.91 Å². The van der Waals surface area contributed by atoms with Crippen molar-refractivity contribution >= 4 is 39.0 Å². The van der Waals surface area contributed by atoms with Crippen LogP contribution in [-0.4, -0.2) is 10.9 Å². The normalized spacial score (nSPS) is 10.3. The quantitative estimate of drug-likeness (QED) is 0.758. The zero-order valence-electron chi connectivity index (χ0n) is 12.8. The van der Waals surface area contributed by atoms with Crippen LogP contribution in [0, 0.1) is 6.92 Å². The molecular weight excluding hydrogens is 342 g/mol. The van der Waals surface area contributed by atoms with Gasteiger partial charge < -0.3 is 10.6 Å². The fraction of sp³-hybridized carbons (Fsp3) is 0.294. The number of aryl methyl sites for hydroxylation is 1. The average molecular weight is 362 g/mol. The Morgan fingerprint density at radius 1 is 1.23 bits per heavy atom. The first-order chi connectivity index (χ1) is 10.6. The van der Waals surface area contributed by atoms with Gasteiger partial charge in [-0.25, -0.2) is 4.98 Å². The molecule has 116 valence electrons.